The van der Waals surface area contributed by atoms with E-state index in [4.69, 9.17) is 0 Å². The molecule has 1 saturated carbocycles. The van der Waals surface area contributed by atoms with E-state index in [1.807, 2.05) is 41.1 Å². The van der Waals surface area contributed by atoms with Crippen molar-refractivity contribution in [2.45, 2.75) is 83.3 Å². The lowest BCUT2D eigenvalue weighted by Gasteiger charge is -2.44. The number of rotatable bonds is 4. The number of thiophene rings is 1. The van der Waals surface area contributed by atoms with Crippen molar-refractivity contribution in [2.24, 2.45) is 0 Å². The van der Waals surface area contributed by atoms with Gasteiger partial charge < -0.3 is 9.88 Å². The fourth-order valence-corrected chi connectivity index (χ4v) is 6.21. The molecular weight excluding hydrogens is 430 g/mol. The van der Waals surface area contributed by atoms with E-state index in [-0.39, 0.29) is 17.9 Å². The maximum Gasteiger partial charge on any atom is 0.275 e. The second-order valence-corrected chi connectivity index (χ2v) is 11.1. The molecule has 5 rings (SSSR count). The van der Waals surface area contributed by atoms with Gasteiger partial charge in [-0.05, 0) is 60.9 Å². The van der Waals surface area contributed by atoms with E-state index < -0.39 is 5.54 Å². The molecule has 0 unspecified atom stereocenters. The maximum absolute atomic E-state index is 13.9. The molecule has 0 spiro atoms. The molecule has 2 amide bonds. The topological polar surface area (TPSA) is 54.3 Å². The van der Waals surface area contributed by atoms with Crippen LogP contribution < -0.4 is 10.2 Å². The van der Waals surface area contributed by atoms with Crippen LogP contribution in [0.5, 0.6) is 0 Å². The van der Waals surface area contributed by atoms with Crippen LogP contribution in [-0.4, -0.2) is 28.0 Å². The second kappa shape index (κ2) is 8.64. The van der Waals surface area contributed by atoms with E-state index in [9.17, 15) is 9.59 Å². The van der Waals surface area contributed by atoms with Gasteiger partial charge in [0.1, 0.15) is 11.2 Å². The van der Waals surface area contributed by atoms with Crippen molar-refractivity contribution in [1.29, 1.82) is 0 Å². The highest BCUT2D eigenvalue weighted by Crippen LogP contribution is 2.37. The summed E-state index contributed by atoms with van der Waals surface area (Å²) in [5, 5.41) is 5.38. The summed E-state index contributed by atoms with van der Waals surface area (Å²) in [6, 6.07) is 12.3. The number of amides is 2. The number of benzene rings is 1. The highest BCUT2D eigenvalue weighted by Gasteiger charge is 2.49. The monoisotopic (exact) mass is 463 g/mol. The molecule has 2 aromatic heterocycles. The van der Waals surface area contributed by atoms with Gasteiger partial charge in [0.2, 0.25) is 5.91 Å². The predicted octanol–water partition coefficient (Wildman–Crippen LogP) is 6.08. The number of hydrogen-bond acceptors (Lipinski definition) is 3. The van der Waals surface area contributed by atoms with Crippen LogP contribution in [0.1, 0.15) is 81.3 Å². The summed E-state index contributed by atoms with van der Waals surface area (Å²) in [7, 11) is 0. The van der Waals surface area contributed by atoms with Crippen LogP contribution in [0.4, 0.5) is 5.69 Å². The first-order valence-electron chi connectivity index (χ1n) is 12.2. The fourth-order valence-electron chi connectivity index (χ4n) is 5.39. The number of anilines is 1. The first kappa shape index (κ1) is 22.2. The number of carbonyl (C=O) groups is 2. The summed E-state index contributed by atoms with van der Waals surface area (Å²) in [4.78, 5) is 29.5. The molecule has 5 nitrogen and oxygen atoms in total. The molecule has 0 saturated heterocycles. The molecule has 1 N–H and O–H groups in total. The van der Waals surface area contributed by atoms with Gasteiger partial charge in [-0.3, -0.25) is 14.5 Å². The first-order valence-corrected chi connectivity index (χ1v) is 13.1. The van der Waals surface area contributed by atoms with Crippen molar-refractivity contribution in [1.82, 2.24) is 9.88 Å². The van der Waals surface area contributed by atoms with Crippen molar-refractivity contribution < 1.29 is 9.59 Å². The van der Waals surface area contributed by atoms with E-state index in [2.05, 4.69) is 31.3 Å². The molecule has 1 aromatic carbocycles. The molecule has 1 aliphatic carbocycles. The molecule has 0 bridgehead atoms. The van der Waals surface area contributed by atoms with Gasteiger partial charge in [0.05, 0.1) is 16.8 Å². The summed E-state index contributed by atoms with van der Waals surface area (Å²) in [6.07, 6.45) is 6.81. The highest BCUT2D eigenvalue weighted by molar-refractivity contribution is 7.17. The minimum atomic E-state index is -1.01. The Morgan fingerprint density at radius 3 is 2.45 bits per heavy atom. The van der Waals surface area contributed by atoms with Crippen molar-refractivity contribution in [2.75, 3.05) is 4.90 Å². The summed E-state index contributed by atoms with van der Waals surface area (Å²) in [5.41, 5.74) is 2.68. The Labute approximate surface area is 199 Å². The molecule has 33 heavy (non-hydrogen) atoms. The van der Waals surface area contributed by atoms with Gasteiger partial charge in [-0.1, -0.05) is 51.7 Å². The lowest BCUT2D eigenvalue weighted by atomic mass is 9.92. The number of nitrogens with zero attached hydrogens (tertiary/aromatic N) is 2. The van der Waals surface area contributed by atoms with E-state index in [1.54, 1.807) is 16.2 Å². The molecular formula is C27H33N3O2S. The lowest BCUT2D eigenvalue weighted by molar-refractivity contribution is -0.127. The largest absolute Gasteiger partial charge is 0.351 e. The van der Waals surface area contributed by atoms with Crippen LogP contribution in [0.15, 0.2) is 41.8 Å². The zero-order chi connectivity index (χ0) is 23.2. The number of nitrogens with one attached hydrogen (secondary N) is 1. The second-order valence-electron chi connectivity index (χ2n) is 10.1. The van der Waals surface area contributed by atoms with Gasteiger partial charge in [-0.25, -0.2) is 0 Å². The molecule has 6 heteroatoms. The standard InChI is InChI=1S/C27H33N3O2S/c1-18(2)19-10-12-21(13-11-19)30-25(31)23-16-24-22(14-15-33-24)29(23)17-27(30,3)26(32)28-20-8-6-4-5-7-9-20/h10-16,18,20H,4-9,17H2,1-3H3,(H,28,32)/t27-/m1/s1. The third-order valence-electron chi connectivity index (χ3n) is 7.40. The molecule has 174 valence electrons. The zero-order valence-corrected chi connectivity index (χ0v) is 20.6. The van der Waals surface area contributed by atoms with Gasteiger partial charge in [-0.15, -0.1) is 11.3 Å². The Hall–Kier alpha value is -2.60. The number of fused-ring (bicyclic) bond motifs is 3. The molecule has 3 heterocycles. The van der Waals surface area contributed by atoms with E-state index >= 15 is 0 Å². The highest BCUT2D eigenvalue weighted by atomic mass is 32.1. The number of carbonyl (C=O) groups excluding carboxylic acids is 2. The average Bonchev–Trinajstić information content (AvgIpc) is 3.29. The smallest absolute Gasteiger partial charge is 0.275 e. The average molecular weight is 464 g/mol. The zero-order valence-electron chi connectivity index (χ0n) is 19.8. The summed E-state index contributed by atoms with van der Waals surface area (Å²) < 4.78 is 3.13. The van der Waals surface area contributed by atoms with Crippen LogP contribution in [-0.2, 0) is 11.3 Å². The van der Waals surface area contributed by atoms with Crippen molar-refractivity contribution in [3.63, 3.8) is 0 Å². The molecule has 3 aromatic rings. The van der Waals surface area contributed by atoms with E-state index in [0.29, 0.717) is 18.2 Å². The van der Waals surface area contributed by atoms with E-state index in [0.717, 1.165) is 41.6 Å². The SMILES string of the molecule is CC(C)c1ccc(N2C(=O)c3cc4sccc4n3C[C@]2(C)C(=O)NC2CCCCCC2)cc1. The Morgan fingerprint density at radius 1 is 1.09 bits per heavy atom. The van der Waals surface area contributed by atoms with Gasteiger partial charge in [0.25, 0.3) is 5.91 Å². The number of aromatic nitrogens is 1. The van der Waals surface area contributed by atoms with Crippen LogP contribution in [0.25, 0.3) is 10.2 Å². The van der Waals surface area contributed by atoms with Crippen molar-refractivity contribution >= 4 is 39.1 Å². The van der Waals surface area contributed by atoms with Gasteiger partial charge in [0.15, 0.2) is 0 Å². The predicted molar refractivity (Wildman–Crippen MR) is 135 cm³/mol. The molecule has 2 aliphatic rings. The fraction of sp³-hybridized carbons (Fsp3) is 0.481. The first-order chi connectivity index (χ1) is 15.9. The summed E-state index contributed by atoms with van der Waals surface area (Å²) >= 11 is 1.63. The van der Waals surface area contributed by atoms with Crippen LogP contribution >= 0.6 is 11.3 Å². The molecule has 0 radical (unpaired) electrons. The van der Waals surface area contributed by atoms with Gasteiger partial charge >= 0.3 is 0 Å². The van der Waals surface area contributed by atoms with Crippen molar-refractivity contribution in [3.05, 3.63) is 53.0 Å². The summed E-state index contributed by atoms with van der Waals surface area (Å²) in [6.45, 7) is 6.68. The molecule has 1 fully saturated rings. The normalized spacial score (nSPS) is 21.9. The third kappa shape index (κ3) is 3.88. The van der Waals surface area contributed by atoms with Crippen molar-refractivity contribution in [3.8, 4) is 0 Å². The lowest BCUT2D eigenvalue weighted by Crippen LogP contribution is -2.65. The maximum atomic E-state index is 13.9. The molecule has 1 aliphatic heterocycles. The Bertz CT molecular complexity index is 1170. The number of hydrogen-bond donors (Lipinski definition) is 1. The van der Waals surface area contributed by atoms with Gasteiger partial charge in [-0.2, -0.15) is 0 Å². The van der Waals surface area contributed by atoms with E-state index in [1.165, 1.54) is 18.4 Å². The Balaban J connectivity index is 1.56. The molecule has 1 atom stereocenters. The minimum Gasteiger partial charge on any atom is -0.351 e. The Morgan fingerprint density at radius 2 is 1.79 bits per heavy atom. The Kier molecular flexibility index (Phi) is 5.81. The third-order valence-corrected chi connectivity index (χ3v) is 8.26. The van der Waals surface area contributed by atoms with Gasteiger partial charge in [0, 0.05) is 11.7 Å². The quantitative estimate of drug-likeness (QED) is 0.477. The minimum absolute atomic E-state index is 0.0570. The summed E-state index contributed by atoms with van der Waals surface area (Å²) in [5.74, 6) is 0.240. The van der Waals surface area contributed by atoms with Crippen LogP contribution in [0, 0.1) is 0 Å². The van der Waals surface area contributed by atoms with Crippen LogP contribution in [0.3, 0.4) is 0 Å². The van der Waals surface area contributed by atoms with Crippen LogP contribution in [0.2, 0.25) is 0 Å².